The highest BCUT2D eigenvalue weighted by Crippen LogP contribution is 2.12. The molecule has 0 fully saturated rings. The van der Waals surface area contributed by atoms with E-state index in [0.29, 0.717) is 0 Å². The summed E-state index contributed by atoms with van der Waals surface area (Å²) in [6.45, 7) is 24.1. The monoisotopic (exact) mass is 409 g/mol. The van der Waals surface area contributed by atoms with Gasteiger partial charge in [0.2, 0.25) is 0 Å². The van der Waals surface area contributed by atoms with Crippen molar-refractivity contribution in [2.24, 2.45) is 0 Å². The fraction of sp³-hybridized carbons (Fsp3) is 0.448. The molecule has 0 heterocycles. The Morgan fingerprint density at radius 2 is 1.43 bits per heavy atom. The van der Waals surface area contributed by atoms with Crippen LogP contribution in [0.5, 0.6) is 0 Å². The number of unbranched alkanes of at least 4 members (excludes halogenated alkanes) is 2. The first-order valence-electron chi connectivity index (χ1n) is 11.5. The maximum Gasteiger partial charge on any atom is 0.00726 e. The molecular weight excluding hydrogens is 362 g/mol. The third kappa shape index (κ3) is 17.8. The third-order valence-electron chi connectivity index (χ3n) is 4.40. The second-order valence-corrected chi connectivity index (χ2v) is 7.39. The molecule has 0 aliphatic rings. The van der Waals surface area contributed by atoms with Crippen molar-refractivity contribution in [1.82, 2.24) is 5.32 Å². The molecule has 0 aliphatic carbocycles. The van der Waals surface area contributed by atoms with Crippen molar-refractivity contribution in [3.8, 4) is 0 Å². The lowest BCUT2D eigenvalue weighted by Crippen LogP contribution is -2.06. The van der Waals surface area contributed by atoms with Crippen LogP contribution in [0.3, 0.4) is 0 Å². The normalized spacial score (nSPS) is 8.93. The third-order valence-corrected chi connectivity index (χ3v) is 4.40. The van der Waals surface area contributed by atoms with Gasteiger partial charge >= 0.3 is 0 Å². The van der Waals surface area contributed by atoms with Gasteiger partial charge in [-0.1, -0.05) is 108 Å². The SMILES string of the molecule is C=C(C)NC(=C)CC.CC.CCCCCc1ccc(C)c(C)c1.Cc1ccccc1. The highest BCUT2D eigenvalue weighted by molar-refractivity contribution is 5.29. The Morgan fingerprint density at radius 3 is 1.80 bits per heavy atom. The summed E-state index contributed by atoms with van der Waals surface area (Å²) in [6.07, 6.45) is 6.21. The van der Waals surface area contributed by atoms with Crippen molar-refractivity contribution < 1.29 is 0 Å². The molecule has 0 amide bonds. The molecule has 0 saturated carbocycles. The van der Waals surface area contributed by atoms with Crippen LogP contribution in [0.2, 0.25) is 0 Å². The Hall–Kier alpha value is -2.28. The van der Waals surface area contributed by atoms with Crippen molar-refractivity contribution >= 4 is 0 Å². The first-order valence-corrected chi connectivity index (χ1v) is 11.5. The molecule has 2 aromatic rings. The molecule has 2 aromatic carbocycles. The van der Waals surface area contributed by atoms with Crippen LogP contribution in [0, 0.1) is 20.8 Å². The highest BCUT2D eigenvalue weighted by Gasteiger charge is 1.95. The summed E-state index contributed by atoms with van der Waals surface area (Å²) >= 11 is 0. The predicted molar refractivity (Wildman–Crippen MR) is 139 cm³/mol. The van der Waals surface area contributed by atoms with Gasteiger partial charge in [0.25, 0.3) is 0 Å². The zero-order valence-electron chi connectivity index (χ0n) is 21.1. The van der Waals surface area contributed by atoms with Crippen molar-refractivity contribution in [3.63, 3.8) is 0 Å². The summed E-state index contributed by atoms with van der Waals surface area (Å²) in [6, 6.07) is 17.1. The topological polar surface area (TPSA) is 12.0 Å². The highest BCUT2D eigenvalue weighted by atomic mass is 14.9. The Kier molecular flexibility index (Phi) is 20.0. The minimum Gasteiger partial charge on any atom is -0.364 e. The molecule has 0 atom stereocenters. The lowest BCUT2D eigenvalue weighted by molar-refractivity contribution is 0.717. The van der Waals surface area contributed by atoms with Crippen LogP contribution in [0.25, 0.3) is 0 Å². The van der Waals surface area contributed by atoms with Gasteiger partial charge in [0.05, 0.1) is 0 Å². The molecule has 0 aromatic heterocycles. The minimum absolute atomic E-state index is 0.955. The van der Waals surface area contributed by atoms with Gasteiger partial charge in [0.15, 0.2) is 0 Å². The molecule has 0 saturated heterocycles. The van der Waals surface area contributed by atoms with Crippen LogP contribution >= 0.6 is 0 Å². The van der Waals surface area contributed by atoms with E-state index < -0.39 is 0 Å². The molecule has 1 heteroatoms. The molecule has 1 N–H and O–H groups in total. The maximum atomic E-state index is 3.74. The van der Waals surface area contributed by atoms with E-state index in [0.717, 1.165) is 17.8 Å². The Balaban J connectivity index is 0. The maximum absolute atomic E-state index is 3.74. The summed E-state index contributed by atoms with van der Waals surface area (Å²) in [4.78, 5) is 0. The van der Waals surface area contributed by atoms with E-state index >= 15 is 0 Å². The molecule has 0 spiro atoms. The standard InChI is InChI=1S/C13H20.C7H13N.C7H8.C2H6/c1-4-5-6-7-13-9-8-11(2)12(3)10-13;1-5-7(4)8-6(2)3;1-7-5-3-2-4-6-7;1-2/h8-10H,4-7H2,1-3H3;8H,2,4-5H2,1,3H3;2-6H,1H3;1-2H3. The Bertz CT molecular complexity index is 683. The predicted octanol–water partition coefficient (Wildman–Crippen LogP) is 9.09. The first kappa shape index (κ1) is 29.9. The second-order valence-electron chi connectivity index (χ2n) is 7.39. The second kappa shape index (κ2) is 20.0. The average Bonchev–Trinajstić information content (AvgIpc) is 2.73. The summed E-state index contributed by atoms with van der Waals surface area (Å²) in [5.41, 5.74) is 7.63. The summed E-state index contributed by atoms with van der Waals surface area (Å²) in [5.74, 6) is 0. The molecule has 0 unspecified atom stereocenters. The molecule has 0 aliphatic heterocycles. The average molecular weight is 410 g/mol. The summed E-state index contributed by atoms with van der Waals surface area (Å²) in [7, 11) is 0. The van der Waals surface area contributed by atoms with Gasteiger partial charge in [-0.15, -0.1) is 0 Å². The lowest BCUT2D eigenvalue weighted by Gasteiger charge is -2.04. The fourth-order valence-corrected chi connectivity index (χ4v) is 2.46. The fourth-order valence-electron chi connectivity index (χ4n) is 2.46. The lowest BCUT2D eigenvalue weighted by atomic mass is 10.0. The van der Waals surface area contributed by atoms with Gasteiger partial charge in [-0.3, -0.25) is 0 Å². The Labute approximate surface area is 188 Å². The molecule has 2 rings (SSSR count). The minimum atomic E-state index is 0.955. The number of hydrogen-bond donors (Lipinski definition) is 1. The van der Waals surface area contributed by atoms with Crippen molar-refractivity contribution in [1.29, 1.82) is 0 Å². The number of rotatable bonds is 7. The zero-order valence-corrected chi connectivity index (χ0v) is 21.1. The Morgan fingerprint density at radius 1 is 0.833 bits per heavy atom. The summed E-state index contributed by atoms with van der Waals surface area (Å²) < 4.78 is 0. The summed E-state index contributed by atoms with van der Waals surface area (Å²) in [5, 5.41) is 3.00. The van der Waals surface area contributed by atoms with Gasteiger partial charge < -0.3 is 5.32 Å². The van der Waals surface area contributed by atoms with Crippen LogP contribution in [0.15, 0.2) is 73.1 Å². The van der Waals surface area contributed by atoms with E-state index in [4.69, 9.17) is 0 Å². The van der Waals surface area contributed by atoms with Crippen molar-refractivity contribution in [3.05, 3.63) is 95.3 Å². The van der Waals surface area contributed by atoms with Crippen LogP contribution in [-0.4, -0.2) is 0 Å². The van der Waals surface area contributed by atoms with Crippen LogP contribution in [0.4, 0.5) is 0 Å². The van der Waals surface area contributed by atoms with Gasteiger partial charge in [-0.25, -0.2) is 0 Å². The first-order chi connectivity index (χ1) is 14.3. The van der Waals surface area contributed by atoms with Crippen LogP contribution < -0.4 is 5.32 Å². The van der Waals surface area contributed by atoms with E-state index in [2.05, 4.69) is 83.4 Å². The molecule has 0 radical (unpaired) electrons. The number of allylic oxidation sites excluding steroid dienone is 2. The smallest absolute Gasteiger partial charge is 0.00726 e. The molecule has 0 bridgehead atoms. The zero-order chi connectivity index (χ0) is 23.4. The quantitative estimate of drug-likeness (QED) is 0.449. The number of benzene rings is 2. The van der Waals surface area contributed by atoms with Crippen LogP contribution in [-0.2, 0) is 6.42 Å². The number of hydrogen-bond acceptors (Lipinski definition) is 1. The van der Waals surface area contributed by atoms with Gasteiger partial charge in [-0.05, 0) is 63.6 Å². The van der Waals surface area contributed by atoms with Gasteiger partial charge in [-0.2, -0.15) is 0 Å². The van der Waals surface area contributed by atoms with Crippen LogP contribution in [0.1, 0.15) is 82.6 Å². The van der Waals surface area contributed by atoms with E-state index in [1.807, 2.05) is 39.0 Å². The molecule has 168 valence electrons. The van der Waals surface area contributed by atoms with Crippen molar-refractivity contribution in [2.75, 3.05) is 0 Å². The molecule has 1 nitrogen and oxygen atoms in total. The van der Waals surface area contributed by atoms with E-state index in [1.54, 1.807) is 0 Å². The largest absolute Gasteiger partial charge is 0.364 e. The molecular formula is C29H47N. The van der Waals surface area contributed by atoms with E-state index in [-0.39, 0.29) is 0 Å². The van der Waals surface area contributed by atoms with Gasteiger partial charge in [0.1, 0.15) is 0 Å². The van der Waals surface area contributed by atoms with E-state index in [1.165, 1.54) is 47.9 Å². The van der Waals surface area contributed by atoms with Crippen molar-refractivity contribution in [2.45, 2.75) is 87.5 Å². The molecule has 30 heavy (non-hydrogen) atoms. The van der Waals surface area contributed by atoms with Gasteiger partial charge in [0, 0.05) is 11.4 Å². The van der Waals surface area contributed by atoms with E-state index in [9.17, 15) is 0 Å². The number of aryl methyl sites for hydroxylation is 4. The number of nitrogens with one attached hydrogen (secondary N) is 1.